The van der Waals surface area contributed by atoms with Gasteiger partial charge in [0.1, 0.15) is 6.33 Å². The topological polar surface area (TPSA) is 64.9 Å². The third-order valence-corrected chi connectivity index (χ3v) is 4.91. The predicted octanol–water partition coefficient (Wildman–Crippen LogP) is 2.93. The van der Waals surface area contributed by atoms with E-state index >= 15 is 0 Å². The van der Waals surface area contributed by atoms with E-state index in [4.69, 9.17) is 16.7 Å². The lowest BCUT2D eigenvalue weighted by Gasteiger charge is -2.30. The Morgan fingerprint density at radius 3 is 2.88 bits per heavy atom. The number of hydrogen-bond acceptors (Lipinski definition) is 6. The van der Waals surface area contributed by atoms with Gasteiger partial charge in [-0.15, -0.1) is 0 Å². The van der Waals surface area contributed by atoms with Gasteiger partial charge in [0, 0.05) is 12.2 Å². The van der Waals surface area contributed by atoms with Gasteiger partial charge in [-0.3, -0.25) is 9.47 Å². The number of likely N-dealkylation sites (tertiary alicyclic amines) is 1. The molecule has 0 aliphatic carbocycles. The predicted molar refractivity (Wildman–Crippen MR) is 95.0 cm³/mol. The van der Waals surface area contributed by atoms with Crippen molar-refractivity contribution in [2.75, 3.05) is 13.1 Å². The molecule has 1 aliphatic heterocycles. The van der Waals surface area contributed by atoms with Crippen molar-refractivity contribution in [2.45, 2.75) is 32.4 Å². The van der Waals surface area contributed by atoms with Crippen molar-refractivity contribution in [3.63, 3.8) is 0 Å². The third-order valence-electron chi connectivity index (χ3n) is 4.50. The third kappa shape index (κ3) is 3.40. The monoisotopic (exact) mass is 356 g/mol. The Kier molecular flexibility index (Phi) is 4.46. The molecule has 1 atom stereocenters. The lowest BCUT2D eigenvalue weighted by Crippen LogP contribution is -2.36. The molecule has 3 heterocycles. The Morgan fingerprint density at radius 2 is 2.12 bits per heavy atom. The van der Waals surface area contributed by atoms with Crippen LogP contribution in [-0.2, 0) is 6.67 Å². The summed E-state index contributed by atoms with van der Waals surface area (Å²) in [4.78, 5) is 6.72. The highest BCUT2D eigenvalue weighted by molar-refractivity contribution is 7.71. The lowest BCUT2D eigenvalue weighted by atomic mass is 9.98. The van der Waals surface area contributed by atoms with Gasteiger partial charge in [-0.2, -0.15) is 10.1 Å². The van der Waals surface area contributed by atoms with E-state index in [9.17, 15) is 0 Å². The molecule has 1 unspecified atom stereocenters. The second kappa shape index (κ2) is 6.89. The normalized spacial score (nSPS) is 18.5. The molecule has 1 saturated heterocycles. The van der Waals surface area contributed by atoms with E-state index in [1.165, 1.54) is 0 Å². The van der Waals surface area contributed by atoms with Crippen LogP contribution in [-0.4, -0.2) is 42.5 Å². The first-order valence-corrected chi connectivity index (χ1v) is 8.84. The van der Waals surface area contributed by atoms with Crippen LogP contribution in [0.4, 0.5) is 0 Å². The summed E-state index contributed by atoms with van der Waals surface area (Å²) in [6.45, 7) is 4.41. The summed E-state index contributed by atoms with van der Waals surface area (Å²) in [5, 5.41) is 8.38. The fourth-order valence-electron chi connectivity index (χ4n) is 3.25. The second-order valence-electron chi connectivity index (χ2n) is 6.36. The summed E-state index contributed by atoms with van der Waals surface area (Å²) in [5.74, 6) is 1.71. The molecule has 0 amide bonds. The van der Waals surface area contributed by atoms with Crippen molar-refractivity contribution in [3.05, 3.63) is 53.1 Å². The fraction of sp³-hybridized carbons (Fsp3) is 0.412. The van der Waals surface area contributed by atoms with E-state index in [0.717, 1.165) is 37.5 Å². The molecule has 0 saturated carbocycles. The zero-order valence-electron chi connectivity index (χ0n) is 14.1. The van der Waals surface area contributed by atoms with Crippen molar-refractivity contribution in [2.24, 2.45) is 0 Å². The van der Waals surface area contributed by atoms with E-state index in [0.29, 0.717) is 17.3 Å². The lowest BCUT2D eigenvalue weighted by molar-refractivity contribution is 0.143. The van der Waals surface area contributed by atoms with Crippen molar-refractivity contribution in [3.8, 4) is 5.69 Å². The van der Waals surface area contributed by atoms with Gasteiger partial charge >= 0.3 is 0 Å². The molecule has 1 aliphatic rings. The standard InChI is InChI=1S/C17H20N6OS/c1-13-19-16(24-20-13)14-6-5-9-21(10-14)12-23-17(25)22(11-18-23)15-7-3-2-4-8-15/h2-4,7-8,11,14H,5-6,9-10,12H2,1H3. The Labute approximate surface area is 150 Å². The largest absolute Gasteiger partial charge is 0.339 e. The summed E-state index contributed by atoms with van der Waals surface area (Å²) in [6.07, 6.45) is 3.95. The summed E-state index contributed by atoms with van der Waals surface area (Å²) < 4.78 is 9.84. The van der Waals surface area contributed by atoms with Crippen molar-refractivity contribution < 1.29 is 4.52 Å². The minimum atomic E-state index is 0.278. The molecular weight excluding hydrogens is 336 g/mol. The van der Waals surface area contributed by atoms with Crippen molar-refractivity contribution >= 4 is 12.2 Å². The highest BCUT2D eigenvalue weighted by Gasteiger charge is 2.26. The summed E-state index contributed by atoms with van der Waals surface area (Å²) >= 11 is 5.60. The first-order chi connectivity index (χ1) is 12.2. The number of aryl methyl sites for hydroxylation is 1. The van der Waals surface area contributed by atoms with Gasteiger partial charge in [0.15, 0.2) is 5.82 Å². The van der Waals surface area contributed by atoms with Crippen LogP contribution in [0.2, 0.25) is 0 Å². The molecule has 8 heteroatoms. The van der Waals surface area contributed by atoms with Crippen molar-refractivity contribution in [1.82, 2.24) is 29.4 Å². The average molecular weight is 356 g/mol. The number of hydrogen-bond donors (Lipinski definition) is 0. The number of benzene rings is 1. The molecule has 25 heavy (non-hydrogen) atoms. The quantitative estimate of drug-likeness (QED) is 0.670. The van der Waals surface area contributed by atoms with Crippen molar-refractivity contribution in [1.29, 1.82) is 0 Å². The Hall–Kier alpha value is -2.32. The number of para-hydroxylation sites is 1. The first-order valence-electron chi connectivity index (χ1n) is 8.43. The minimum absolute atomic E-state index is 0.278. The number of rotatable bonds is 4. The zero-order valence-corrected chi connectivity index (χ0v) is 14.9. The molecule has 1 aromatic carbocycles. The number of aromatic nitrogens is 5. The molecule has 0 N–H and O–H groups in total. The number of nitrogens with zero attached hydrogens (tertiary/aromatic N) is 6. The SMILES string of the molecule is Cc1noc(C2CCCN(Cn3ncn(-c4ccccc4)c3=S)C2)n1. The van der Waals surface area contributed by atoms with E-state index in [1.807, 2.05) is 46.5 Å². The zero-order chi connectivity index (χ0) is 17.2. The van der Waals surface area contributed by atoms with Crippen LogP contribution in [0.1, 0.15) is 30.5 Å². The van der Waals surface area contributed by atoms with Crippen LogP contribution in [0.25, 0.3) is 5.69 Å². The second-order valence-corrected chi connectivity index (χ2v) is 6.72. The molecule has 2 aromatic heterocycles. The molecule has 0 bridgehead atoms. The van der Waals surface area contributed by atoms with Gasteiger partial charge in [0.2, 0.25) is 10.7 Å². The van der Waals surface area contributed by atoms with Crippen LogP contribution in [0.3, 0.4) is 0 Å². The Bertz CT molecular complexity index is 899. The van der Waals surface area contributed by atoms with E-state index in [2.05, 4.69) is 20.1 Å². The van der Waals surface area contributed by atoms with Crippen LogP contribution in [0.5, 0.6) is 0 Å². The maximum atomic E-state index is 5.60. The van der Waals surface area contributed by atoms with Crippen LogP contribution >= 0.6 is 12.2 Å². The molecule has 4 rings (SSSR count). The van der Waals surface area contributed by atoms with Gasteiger partial charge in [0.05, 0.1) is 12.6 Å². The Morgan fingerprint density at radius 1 is 1.28 bits per heavy atom. The number of piperidine rings is 1. The summed E-state index contributed by atoms with van der Waals surface area (Å²) in [5.41, 5.74) is 1.02. The van der Waals surface area contributed by atoms with E-state index < -0.39 is 0 Å². The molecular formula is C17H20N6OS. The molecule has 7 nitrogen and oxygen atoms in total. The van der Waals surface area contributed by atoms with Crippen LogP contribution in [0.15, 0.2) is 41.2 Å². The highest BCUT2D eigenvalue weighted by Crippen LogP contribution is 2.25. The molecule has 3 aromatic rings. The maximum Gasteiger partial charge on any atom is 0.231 e. The van der Waals surface area contributed by atoms with E-state index in [-0.39, 0.29) is 5.92 Å². The average Bonchev–Trinajstić information content (AvgIpc) is 3.23. The minimum Gasteiger partial charge on any atom is -0.339 e. The molecule has 0 spiro atoms. The molecule has 0 radical (unpaired) electrons. The van der Waals surface area contributed by atoms with Gasteiger partial charge in [-0.05, 0) is 50.7 Å². The smallest absolute Gasteiger partial charge is 0.231 e. The molecule has 130 valence electrons. The van der Waals surface area contributed by atoms with Gasteiger partial charge in [-0.25, -0.2) is 4.68 Å². The van der Waals surface area contributed by atoms with Gasteiger partial charge in [0.25, 0.3) is 0 Å². The van der Waals surface area contributed by atoms with E-state index in [1.54, 1.807) is 6.33 Å². The first kappa shape index (κ1) is 16.2. The summed E-state index contributed by atoms with van der Waals surface area (Å²) in [6, 6.07) is 10.0. The highest BCUT2D eigenvalue weighted by atomic mass is 32.1. The summed E-state index contributed by atoms with van der Waals surface area (Å²) in [7, 11) is 0. The van der Waals surface area contributed by atoms with Gasteiger partial charge in [-0.1, -0.05) is 23.4 Å². The fourth-order valence-corrected chi connectivity index (χ4v) is 3.51. The maximum absolute atomic E-state index is 5.60. The molecule has 1 fully saturated rings. The Balaban J connectivity index is 1.49. The van der Waals surface area contributed by atoms with Crippen LogP contribution in [0, 0.1) is 11.7 Å². The van der Waals surface area contributed by atoms with Crippen LogP contribution < -0.4 is 0 Å². The van der Waals surface area contributed by atoms with Gasteiger partial charge < -0.3 is 4.52 Å².